The molecule has 0 radical (unpaired) electrons. The molecule has 0 fully saturated rings. The Labute approximate surface area is 196 Å². The summed E-state index contributed by atoms with van der Waals surface area (Å²) in [5, 5.41) is 4.24. The quantitative estimate of drug-likeness (QED) is 0.453. The van der Waals surface area contributed by atoms with E-state index >= 15 is 0 Å². The molecule has 0 aliphatic carbocycles. The highest BCUT2D eigenvalue weighted by atomic mass is 32.2. The van der Waals surface area contributed by atoms with Crippen molar-refractivity contribution in [2.75, 3.05) is 12.4 Å². The average Bonchev–Trinajstić information content (AvgIpc) is 3.21. The van der Waals surface area contributed by atoms with Crippen molar-refractivity contribution in [2.45, 2.75) is 50.0 Å². The second-order valence-electron chi connectivity index (χ2n) is 8.74. The lowest BCUT2D eigenvalue weighted by atomic mass is 10.0. The van der Waals surface area contributed by atoms with E-state index in [1.165, 1.54) is 28.3 Å². The number of thiazole rings is 1. The van der Waals surface area contributed by atoms with E-state index in [1.54, 1.807) is 12.1 Å². The molecule has 0 amide bonds. The van der Waals surface area contributed by atoms with Crippen LogP contribution in [0.15, 0.2) is 46.1 Å². The predicted octanol–water partition coefficient (Wildman–Crippen LogP) is 5.38. The van der Waals surface area contributed by atoms with Crippen molar-refractivity contribution in [3.63, 3.8) is 0 Å². The number of sulfone groups is 1. The molecule has 1 N–H and O–H groups in total. The van der Waals surface area contributed by atoms with Crippen molar-refractivity contribution in [1.29, 1.82) is 0 Å². The third kappa shape index (κ3) is 5.93. The van der Waals surface area contributed by atoms with Crippen LogP contribution in [0.1, 0.15) is 37.6 Å². The third-order valence-corrected chi connectivity index (χ3v) is 7.72. The number of halogens is 3. The van der Waals surface area contributed by atoms with Gasteiger partial charge < -0.3 is 5.32 Å². The smallest absolute Gasteiger partial charge is 0.187 e. The Bertz CT molecular complexity index is 1220. The number of nitrogens with one attached hydrogen (secondary N) is 1. The first-order valence-electron chi connectivity index (χ1n) is 10.2. The van der Waals surface area contributed by atoms with Crippen molar-refractivity contribution in [3.8, 4) is 0 Å². The minimum absolute atomic E-state index is 0.0960. The summed E-state index contributed by atoms with van der Waals surface area (Å²) in [5.41, 5.74) is 2.36. The number of anilines is 1. The Morgan fingerprint density at radius 2 is 1.82 bits per heavy atom. The molecule has 2 aromatic carbocycles. The van der Waals surface area contributed by atoms with Gasteiger partial charge in [0.2, 0.25) is 0 Å². The van der Waals surface area contributed by atoms with Gasteiger partial charge in [0, 0.05) is 29.6 Å². The van der Waals surface area contributed by atoms with Crippen LogP contribution < -0.4 is 5.32 Å². The summed E-state index contributed by atoms with van der Waals surface area (Å²) >= 11 is 1.21. The predicted molar refractivity (Wildman–Crippen MR) is 124 cm³/mol. The zero-order valence-corrected chi connectivity index (χ0v) is 20.5. The van der Waals surface area contributed by atoms with Gasteiger partial charge in [-0.05, 0) is 51.6 Å². The van der Waals surface area contributed by atoms with Crippen LogP contribution in [0, 0.1) is 17.5 Å². The summed E-state index contributed by atoms with van der Waals surface area (Å²) in [4.78, 5) is 5.19. The number of nitrogens with zero attached hydrogens (tertiary/aromatic N) is 2. The highest BCUT2D eigenvalue weighted by Gasteiger charge is 2.25. The van der Waals surface area contributed by atoms with E-state index < -0.39 is 37.9 Å². The lowest BCUT2D eigenvalue weighted by Crippen LogP contribution is -2.37. The SMILES string of the molecule is CN(Cc1cccc(F)c1CNc1ccc(S(=O)(=O)Cc2cscn2)c(F)c1F)C(C)(C)C. The summed E-state index contributed by atoms with van der Waals surface area (Å²) < 4.78 is 69.0. The molecule has 0 saturated heterocycles. The van der Waals surface area contributed by atoms with Crippen LogP contribution in [0.4, 0.5) is 18.9 Å². The van der Waals surface area contributed by atoms with Crippen LogP contribution >= 0.6 is 11.3 Å². The first kappa shape index (κ1) is 25.2. The maximum Gasteiger partial charge on any atom is 0.187 e. The van der Waals surface area contributed by atoms with Crippen molar-refractivity contribution in [2.24, 2.45) is 0 Å². The molecule has 10 heteroatoms. The zero-order valence-electron chi connectivity index (χ0n) is 18.8. The number of aromatic nitrogens is 1. The molecule has 0 aliphatic rings. The number of hydrogen-bond acceptors (Lipinski definition) is 6. The van der Waals surface area contributed by atoms with Crippen LogP contribution in [-0.2, 0) is 28.7 Å². The fraction of sp³-hybridized carbons (Fsp3) is 0.348. The molecule has 1 heterocycles. The molecule has 3 rings (SSSR count). The molecule has 5 nitrogen and oxygen atoms in total. The van der Waals surface area contributed by atoms with Gasteiger partial charge in [0.15, 0.2) is 21.5 Å². The summed E-state index contributed by atoms with van der Waals surface area (Å²) in [5.74, 6) is -3.80. The molecule has 33 heavy (non-hydrogen) atoms. The van der Waals surface area contributed by atoms with Gasteiger partial charge in [-0.15, -0.1) is 11.3 Å². The molecule has 0 atom stereocenters. The summed E-state index contributed by atoms with van der Waals surface area (Å²) in [6.07, 6.45) is 0. The Morgan fingerprint density at radius 1 is 1.09 bits per heavy atom. The van der Waals surface area contributed by atoms with E-state index in [9.17, 15) is 21.6 Å². The lowest BCUT2D eigenvalue weighted by Gasteiger charge is -2.32. The van der Waals surface area contributed by atoms with Crippen molar-refractivity contribution in [1.82, 2.24) is 9.88 Å². The van der Waals surface area contributed by atoms with Gasteiger partial charge in [0.25, 0.3) is 0 Å². The fourth-order valence-electron chi connectivity index (χ4n) is 3.12. The van der Waals surface area contributed by atoms with E-state index in [0.29, 0.717) is 17.7 Å². The standard InChI is InChI=1S/C23H26F3N3O2S2/c1-23(2,3)29(4)11-15-6-5-7-18(24)17(15)10-27-19-8-9-20(22(26)21(19)25)33(30,31)13-16-12-32-14-28-16/h5-9,12,14,27H,10-11,13H2,1-4H3. The first-order chi connectivity index (χ1) is 15.4. The van der Waals surface area contributed by atoms with E-state index in [2.05, 4.69) is 10.3 Å². The number of rotatable bonds is 8. The summed E-state index contributed by atoms with van der Waals surface area (Å²) in [6, 6.07) is 6.86. The molecule has 3 aromatic rings. The number of hydrogen-bond donors (Lipinski definition) is 1. The van der Waals surface area contributed by atoms with Crippen LogP contribution in [0.25, 0.3) is 0 Å². The molecular weight excluding hydrogens is 471 g/mol. The van der Waals surface area contributed by atoms with E-state index in [0.717, 1.165) is 12.1 Å². The van der Waals surface area contributed by atoms with Crippen LogP contribution in [-0.4, -0.2) is 30.9 Å². The third-order valence-electron chi connectivity index (χ3n) is 5.43. The van der Waals surface area contributed by atoms with Gasteiger partial charge in [-0.2, -0.15) is 0 Å². The largest absolute Gasteiger partial charge is 0.378 e. The van der Waals surface area contributed by atoms with Gasteiger partial charge >= 0.3 is 0 Å². The second kappa shape index (κ2) is 9.82. The van der Waals surface area contributed by atoms with Gasteiger partial charge in [-0.3, -0.25) is 4.90 Å². The van der Waals surface area contributed by atoms with E-state index in [-0.39, 0.29) is 23.5 Å². The van der Waals surface area contributed by atoms with Crippen molar-refractivity contribution in [3.05, 3.63) is 75.5 Å². The Hall–Kier alpha value is -2.43. The van der Waals surface area contributed by atoms with Crippen LogP contribution in [0.3, 0.4) is 0 Å². The molecular formula is C23H26F3N3O2S2. The minimum atomic E-state index is -4.13. The van der Waals surface area contributed by atoms with Crippen LogP contribution in [0.2, 0.25) is 0 Å². The molecule has 0 bridgehead atoms. The lowest BCUT2D eigenvalue weighted by molar-refractivity contribution is 0.167. The Balaban J connectivity index is 1.83. The van der Waals surface area contributed by atoms with Crippen LogP contribution in [0.5, 0.6) is 0 Å². The molecule has 1 aromatic heterocycles. The minimum Gasteiger partial charge on any atom is -0.378 e. The molecule has 178 valence electrons. The summed E-state index contributed by atoms with van der Waals surface area (Å²) in [7, 11) is -2.21. The Morgan fingerprint density at radius 3 is 2.45 bits per heavy atom. The van der Waals surface area contributed by atoms with Gasteiger partial charge in [-0.1, -0.05) is 12.1 Å². The highest BCUT2D eigenvalue weighted by molar-refractivity contribution is 7.90. The highest BCUT2D eigenvalue weighted by Crippen LogP contribution is 2.28. The van der Waals surface area contributed by atoms with Gasteiger partial charge in [0.1, 0.15) is 10.7 Å². The maximum atomic E-state index is 14.7. The fourth-order valence-corrected chi connectivity index (χ4v) is 5.12. The molecule has 0 spiro atoms. The summed E-state index contributed by atoms with van der Waals surface area (Å²) in [6.45, 7) is 6.47. The maximum absolute atomic E-state index is 14.7. The van der Waals surface area contributed by atoms with Gasteiger partial charge in [-0.25, -0.2) is 26.6 Å². The number of benzene rings is 2. The zero-order chi connectivity index (χ0) is 24.4. The monoisotopic (exact) mass is 497 g/mol. The molecule has 0 saturated carbocycles. The second-order valence-corrected chi connectivity index (χ2v) is 11.4. The normalized spacial score (nSPS) is 12.4. The van der Waals surface area contributed by atoms with E-state index in [4.69, 9.17) is 0 Å². The Kier molecular flexibility index (Phi) is 7.50. The average molecular weight is 498 g/mol. The van der Waals surface area contributed by atoms with Crippen molar-refractivity contribution < 1.29 is 21.6 Å². The first-order valence-corrected chi connectivity index (χ1v) is 12.8. The topological polar surface area (TPSA) is 62.3 Å². The van der Waals surface area contributed by atoms with Gasteiger partial charge in [0.05, 0.1) is 22.6 Å². The molecule has 0 unspecified atom stereocenters. The molecule has 0 aliphatic heterocycles. The van der Waals surface area contributed by atoms with Crippen molar-refractivity contribution >= 4 is 26.9 Å². The van der Waals surface area contributed by atoms with E-state index in [1.807, 2.05) is 32.7 Å².